The van der Waals surface area contributed by atoms with Crippen LogP contribution in [0, 0.1) is 29.1 Å². The Kier molecular flexibility index (Phi) is 8.27. The van der Waals surface area contributed by atoms with Gasteiger partial charge in [0, 0.05) is 13.3 Å². The molecule has 0 aliphatic heterocycles. The Morgan fingerprint density at radius 2 is 1.94 bits per heavy atom. The van der Waals surface area contributed by atoms with Crippen LogP contribution < -0.4 is 0 Å². The molecule has 0 amide bonds. The van der Waals surface area contributed by atoms with Crippen LogP contribution in [0.4, 0.5) is 0 Å². The van der Waals surface area contributed by atoms with Crippen LogP contribution in [0.1, 0.15) is 105 Å². The van der Waals surface area contributed by atoms with E-state index in [0.717, 1.165) is 42.9 Å². The Morgan fingerprint density at radius 1 is 1.16 bits per heavy atom. The minimum atomic E-state index is -0.169. The lowest BCUT2D eigenvalue weighted by atomic mass is 9.60. The van der Waals surface area contributed by atoms with E-state index < -0.39 is 0 Å². The molecule has 0 bridgehead atoms. The third kappa shape index (κ3) is 5.93. The number of carbonyl (C=O) groups excluding carboxylic acids is 1. The molecule has 2 unspecified atom stereocenters. The maximum Gasteiger partial charge on any atom is 0.302 e. The van der Waals surface area contributed by atoms with Crippen LogP contribution in [0.2, 0.25) is 0 Å². The molecule has 0 aromatic heterocycles. The number of carbonyl (C=O) groups is 1. The van der Waals surface area contributed by atoms with Crippen molar-refractivity contribution in [3.05, 3.63) is 35.5 Å². The Morgan fingerprint density at radius 3 is 2.65 bits per heavy atom. The van der Waals surface area contributed by atoms with E-state index in [2.05, 4.69) is 46.4 Å². The summed E-state index contributed by atoms with van der Waals surface area (Å²) in [4.78, 5) is 11.4. The summed E-state index contributed by atoms with van der Waals surface area (Å²) in [6, 6.07) is 0. The number of fused-ring (bicyclic) bond motifs is 1. The number of hydrogen-bond acceptors (Lipinski definition) is 2. The number of esters is 1. The highest BCUT2D eigenvalue weighted by molar-refractivity contribution is 5.66. The van der Waals surface area contributed by atoms with Crippen molar-refractivity contribution < 1.29 is 9.53 Å². The molecule has 3 aliphatic carbocycles. The standard InChI is InChI=1S/C29H46O2/c1-20(2)9-7-10-22(4)27-16-17-28-24(11-8-18-29(27,28)6)13-14-25-19-26(31-23(5)30)15-12-21(25)3/h13-14,20,22,26-28H,3,7-12,15-19H2,1-2,4-6H3/b24-13+,25-14-/t22?,26-,27?,28-,29+/m0/s1. The van der Waals surface area contributed by atoms with Crippen LogP contribution in [-0.4, -0.2) is 12.1 Å². The molecule has 5 atom stereocenters. The van der Waals surface area contributed by atoms with E-state index in [1.54, 1.807) is 5.57 Å². The van der Waals surface area contributed by atoms with Crippen molar-refractivity contribution in [3.63, 3.8) is 0 Å². The van der Waals surface area contributed by atoms with E-state index in [4.69, 9.17) is 4.74 Å². The highest BCUT2D eigenvalue weighted by Crippen LogP contribution is 2.60. The summed E-state index contributed by atoms with van der Waals surface area (Å²) in [6.07, 6.45) is 18.3. The van der Waals surface area contributed by atoms with Gasteiger partial charge in [-0.15, -0.1) is 0 Å². The smallest absolute Gasteiger partial charge is 0.302 e. The second kappa shape index (κ2) is 10.5. The van der Waals surface area contributed by atoms with Gasteiger partial charge < -0.3 is 4.74 Å². The summed E-state index contributed by atoms with van der Waals surface area (Å²) >= 11 is 0. The third-order valence-electron chi connectivity index (χ3n) is 8.67. The molecule has 3 saturated carbocycles. The van der Waals surface area contributed by atoms with E-state index in [-0.39, 0.29) is 12.1 Å². The summed E-state index contributed by atoms with van der Waals surface area (Å²) in [5.74, 6) is 3.12. The first-order valence-corrected chi connectivity index (χ1v) is 13.0. The maximum atomic E-state index is 11.4. The maximum absolute atomic E-state index is 11.4. The van der Waals surface area contributed by atoms with E-state index >= 15 is 0 Å². The fourth-order valence-corrected chi connectivity index (χ4v) is 6.98. The van der Waals surface area contributed by atoms with Crippen molar-refractivity contribution in [2.75, 3.05) is 0 Å². The monoisotopic (exact) mass is 426 g/mol. The molecule has 0 spiro atoms. The van der Waals surface area contributed by atoms with Crippen LogP contribution in [0.25, 0.3) is 0 Å². The lowest BCUT2D eigenvalue weighted by molar-refractivity contribution is -0.146. The molecular formula is C29H46O2. The van der Waals surface area contributed by atoms with E-state index in [0.29, 0.717) is 5.41 Å². The molecule has 0 aromatic carbocycles. The second-order valence-corrected chi connectivity index (χ2v) is 11.4. The molecule has 0 heterocycles. The van der Waals surface area contributed by atoms with E-state index in [1.165, 1.54) is 69.4 Å². The number of ether oxygens (including phenoxy) is 1. The zero-order chi connectivity index (χ0) is 22.6. The van der Waals surface area contributed by atoms with Gasteiger partial charge in [0.1, 0.15) is 6.10 Å². The van der Waals surface area contributed by atoms with Crippen molar-refractivity contribution in [1.82, 2.24) is 0 Å². The first kappa shape index (κ1) is 24.3. The molecule has 3 rings (SSSR count). The Balaban J connectivity index is 1.69. The average Bonchev–Trinajstić information content (AvgIpc) is 3.05. The molecule has 174 valence electrons. The zero-order valence-corrected chi connectivity index (χ0v) is 20.8. The predicted molar refractivity (Wildman–Crippen MR) is 131 cm³/mol. The number of allylic oxidation sites excluding steroid dienone is 4. The van der Waals surface area contributed by atoms with Gasteiger partial charge in [0.05, 0.1) is 0 Å². The van der Waals surface area contributed by atoms with Gasteiger partial charge >= 0.3 is 5.97 Å². The van der Waals surface area contributed by atoms with Crippen LogP contribution >= 0.6 is 0 Å². The summed E-state index contributed by atoms with van der Waals surface area (Å²) in [5.41, 5.74) is 4.65. The van der Waals surface area contributed by atoms with Crippen molar-refractivity contribution in [1.29, 1.82) is 0 Å². The Hall–Kier alpha value is -1.31. The Bertz CT molecular complexity index is 712. The summed E-state index contributed by atoms with van der Waals surface area (Å²) in [5, 5.41) is 0. The van der Waals surface area contributed by atoms with E-state index in [1.807, 2.05) is 0 Å². The van der Waals surface area contributed by atoms with Gasteiger partial charge in [-0.25, -0.2) is 0 Å². The molecule has 0 N–H and O–H groups in total. The highest BCUT2D eigenvalue weighted by atomic mass is 16.5. The van der Waals surface area contributed by atoms with Crippen molar-refractivity contribution in [3.8, 4) is 0 Å². The highest BCUT2D eigenvalue weighted by Gasteiger charge is 2.50. The average molecular weight is 427 g/mol. The van der Waals surface area contributed by atoms with Gasteiger partial charge in [-0.3, -0.25) is 4.79 Å². The molecule has 0 radical (unpaired) electrons. The molecule has 2 nitrogen and oxygen atoms in total. The largest absolute Gasteiger partial charge is 0.462 e. The molecule has 3 aliphatic rings. The summed E-state index contributed by atoms with van der Waals surface area (Å²) in [7, 11) is 0. The van der Waals surface area contributed by atoms with Gasteiger partial charge in [-0.2, -0.15) is 0 Å². The molecule has 31 heavy (non-hydrogen) atoms. The zero-order valence-electron chi connectivity index (χ0n) is 20.8. The SMILES string of the molecule is C=C1CC[C@H](OC(C)=O)C/C1=C/C=C1\CCC[C@]2(C)C(C(C)CCCC(C)C)CC[C@@H]12. The molecule has 0 aromatic rings. The van der Waals surface area contributed by atoms with Gasteiger partial charge in [0.2, 0.25) is 0 Å². The topological polar surface area (TPSA) is 26.3 Å². The first-order valence-electron chi connectivity index (χ1n) is 13.0. The minimum absolute atomic E-state index is 0.0202. The van der Waals surface area contributed by atoms with Crippen molar-refractivity contribution in [2.45, 2.75) is 111 Å². The van der Waals surface area contributed by atoms with Gasteiger partial charge in [0.25, 0.3) is 0 Å². The second-order valence-electron chi connectivity index (χ2n) is 11.4. The molecule has 2 heteroatoms. The Labute approximate surface area is 191 Å². The van der Waals surface area contributed by atoms with Gasteiger partial charge in [-0.05, 0) is 79.6 Å². The van der Waals surface area contributed by atoms with Crippen molar-refractivity contribution in [2.24, 2.45) is 29.1 Å². The minimum Gasteiger partial charge on any atom is -0.462 e. The van der Waals surface area contributed by atoms with Gasteiger partial charge in [0.15, 0.2) is 0 Å². The van der Waals surface area contributed by atoms with Crippen LogP contribution in [0.3, 0.4) is 0 Å². The van der Waals surface area contributed by atoms with Gasteiger partial charge in [-0.1, -0.05) is 76.8 Å². The number of hydrogen-bond donors (Lipinski definition) is 0. The third-order valence-corrected chi connectivity index (χ3v) is 8.67. The number of rotatable bonds is 7. The lowest BCUT2D eigenvalue weighted by Crippen LogP contribution is -2.36. The first-order chi connectivity index (χ1) is 14.7. The molecule has 0 saturated heterocycles. The van der Waals surface area contributed by atoms with E-state index in [9.17, 15) is 4.79 Å². The summed E-state index contributed by atoms with van der Waals surface area (Å²) < 4.78 is 5.49. The lowest BCUT2D eigenvalue weighted by Gasteiger charge is -2.44. The predicted octanol–water partition coefficient (Wildman–Crippen LogP) is 8.19. The molecular weight excluding hydrogens is 380 g/mol. The molecule has 3 fully saturated rings. The fourth-order valence-electron chi connectivity index (χ4n) is 6.98. The summed E-state index contributed by atoms with van der Waals surface area (Å²) in [6.45, 7) is 15.6. The fraction of sp³-hybridized carbons (Fsp3) is 0.759. The van der Waals surface area contributed by atoms with Crippen LogP contribution in [0.15, 0.2) is 35.5 Å². The van der Waals surface area contributed by atoms with Crippen molar-refractivity contribution >= 4 is 5.97 Å². The quantitative estimate of drug-likeness (QED) is 0.383. The normalized spacial score (nSPS) is 34.9. The van der Waals surface area contributed by atoms with Crippen LogP contribution in [-0.2, 0) is 9.53 Å². The van der Waals surface area contributed by atoms with Crippen LogP contribution in [0.5, 0.6) is 0 Å².